The number of nitrogens with zero attached hydrogens (tertiary/aromatic N) is 2. The Morgan fingerprint density at radius 2 is 1.86 bits per heavy atom. The summed E-state index contributed by atoms with van der Waals surface area (Å²) in [5.41, 5.74) is 1.06. The van der Waals surface area contributed by atoms with Crippen molar-refractivity contribution in [3.8, 4) is 11.6 Å². The average Bonchev–Trinajstić information content (AvgIpc) is 2.47. The SMILES string of the molecule is COc1ccnc(CS(=O)(=O)Cc2ccc(OC)nc2)c1. The molecule has 0 N–H and O–H groups in total. The van der Waals surface area contributed by atoms with Gasteiger partial charge in [-0.25, -0.2) is 13.4 Å². The van der Waals surface area contributed by atoms with E-state index >= 15 is 0 Å². The van der Waals surface area contributed by atoms with Crippen molar-refractivity contribution in [1.82, 2.24) is 9.97 Å². The van der Waals surface area contributed by atoms with Gasteiger partial charge in [-0.1, -0.05) is 6.07 Å². The molecule has 0 radical (unpaired) electrons. The Morgan fingerprint density at radius 3 is 2.48 bits per heavy atom. The minimum absolute atomic E-state index is 0.0944. The van der Waals surface area contributed by atoms with Gasteiger partial charge < -0.3 is 9.47 Å². The Morgan fingerprint density at radius 1 is 1.05 bits per heavy atom. The van der Waals surface area contributed by atoms with E-state index in [1.54, 1.807) is 24.3 Å². The molecule has 0 amide bonds. The van der Waals surface area contributed by atoms with Gasteiger partial charge in [0.25, 0.3) is 0 Å². The number of hydrogen-bond donors (Lipinski definition) is 0. The molecule has 2 aromatic heterocycles. The summed E-state index contributed by atoms with van der Waals surface area (Å²) >= 11 is 0. The summed E-state index contributed by atoms with van der Waals surface area (Å²) in [6.45, 7) is 0. The van der Waals surface area contributed by atoms with E-state index in [0.29, 0.717) is 22.9 Å². The lowest BCUT2D eigenvalue weighted by Gasteiger charge is -2.06. The van der Waals surface area contributed by atoms with Crippen LogP contribution in [-0.2, 0) is 21.3 Å². The van der Waals surface area contributed by atoms with Crippen LogP contribution in [0.2, 0.25) is 0 Å². The Kier molecular flexibility index (Phi) is 4.74. The lowest BCUT2D eigenvalue weighted by molar-refractivity contribution is 0.397. The molecule has 0 spiro atoms. The van der Waals surface area contributed by atoms with Crippen LogP contribution in [0.5, 0.6) is 11.6 Å². The van der Waals surface area contributed by atoms with Crippen molar-refractivity contribution in [3.63, 3.8) is 0 Å². The molecule has 2 aromatic rings. The number of rotatable bonds is 6. The van der Waals surface area contributed by atoms with Crippen molar-refractivity contribution >= 4 is 9.84 Å². The monoisotopic (exact) mass is 308 g/mol. The van der Waals surface area contributed by atoms with Crippen molar-refractivity contribution in [2.24, 2.45) is 0 Å². The first-order valence-electron chi connectivity index (χ1n) is 6.20. The highest BCUT2D eigenvalue weighted by molar-refractivity contribution is 7.89. The largest absolute Gasteiger partial charge is 0.497 e. The van der Waals surface area contributed by atoms with Crippen molar-refractivity contribution in [2.75, 3.05) is 14.2 Å². The van der Waals surface area contributed by atoms with Crippen LogP contribution in [-0.4, -0.2) is 32.6 Å². The normalized spacial score (nSPS) is 11.1. The smallest absolute Gasteiger partial charge is 0.212 e. The van der Waals surface area contributed by atoms with E-state index < -0.39 is 9.84 Å². The summed E-state index contributed by atoms with van der Waals surface area (Å²) in [4.78, 5) is 8.04. The van der Waals surface area contributed by atoms with E-state index in [-0.39, 0.29) is 11.5 Å². The van der Waals surface area contributed by atoms with E-state index in [2.05, 4.69) is 9.97 Å². The maximum Gasteiger partial charge on any atom is 0.212 e. The predicted octanol–water partition coefficient (Wildman–Crippen LogP) is 1.61. The van der Waals surface area contributed by atoms with Crippen LogP contribution in [0.1, 0.15) is 11.3 Å². The highest BCUT2D eigenvalue weighted by Crippen LogP contribution is 2.16. The van der Waals surface area contributed by atoms with Crippen molar-refractivity contribution in [2.45, 2.75) is 11.5 Å². The maximum absolute atomic E-state index is 12.2. The van der Waals surface area contributed by atoms with Crippen molar-refractivity contribution < 1.29 is 17.9 Å². The van der Waals surface area contributed by atoms with Crippen LogP contribution in [0.15, 0.2) is 36.7 Å². The van der Waals surface area contributed by atoms with Crippen molar-refractivity contribution in [3.05, 3.63) is 47.9 Å². The molecule has 0 saturated carbocycles. The summed E-state index contributed by atoms with van der Waals surface area (Å²) < 4.78 is 34.4. The molecule has 6 nitrogen and oxygen atoms in total. The Labute approximate surface area is 123 Å². The van der Waals surface area contributed by atoms with E-state index in [1.807, 2.05) is 0 Å². The van der Waals surface area contributed by atoms with Gasteiger partial charge in [0.05, 0.1) is 31.4 Å². The van der Waals surface area contributed by atoms with Gasteiger partial charge in [-0.15, -0.1) is 0 Å². The highest BCUT2D eigenvalue weighted by Gasteiger charge is 2.15. The third-order valence-electron chi connectivity index (χ3n) is 2.78. The van der Waals surface area contributed by atoms with Gasteiger partial charge in [0.1, 0.15) is 5.75 Å². The number of hydrogen-bond acceptors (Lipinski definition) is 6. The van der Waals surface area contributed by atoms with Gasteiger partial charge in [-0.2, -0.15) is 0 Å². The zero-order chi connectivity index (χ0) is 15.3. The topological polar surface area (TPSA) is 78.4 Å². The lowest BCUT2D eigenvalue weighted by atomic mass is 10.3. The molecule has 7 heteroatoms. The van der Waals surface area contributed by atoms with Crippen LogP contribution in [0.3, 0.4) is 0 Å². The van der Waals surface area contributed by atoms with Gasteiger partial charge in [0.2, 0.25) is 5.88 Å². The molecule has 0 bridgehead atoms. The van der Waals surface area contributed by atoms with Crippen LogP contribution in [0, 0.1) is 0 Å². The summed E-state index contributed by atoms with van der Waals surface area (Å²) in [7, 11) is -0.300. The molecule has 0 atom stereocenters. The van der Waals surface area contributed by atoms with Gasteiger partial charge in [0, 0.05) is 24.5 Å². The Bertz CT molecular complexity index is 699. The number of pyridine rings is 2. The zero-order valence-corrected chi connectivity index (χ0v) is 12.6. The van der Waals surface area contributed by atoms with Crippen LogP contribution in [0.25, 0.3) is 0 Å². The number of ether oxygens (including phenoxy) is 2. The molecule has 0 unspecified atom stereocenters. The van der Waals surface area contributed by atoms with Crippen LogP contribution < -0.4 is 9.47 Å². The summed E-state index contributed by atoms with van der Waals surface area (Å²) in [5.74, 6) is 0.797. The second kappa shape index (κ2) is 6.53. The first-order valence-corrected chi connectivity index (χ1v) is 8.03. The standard InChI is InChI=1S/C14H16N2O4S/c1-19-13-5-6-15-12(7-13)10-21(17,18)9-11-3-4-14(20-2)16-8-11/h3-8H,9-10H2,1-2H3. The summed E-state index contributed by atoms with van der Waals surface area (Å²) in [6, 6.07) is 6.60. The van der Waals surface area contributed by atoms with Crippen molar-refractivity contribution in [1.29, 1.82) is 0 Å². The average molecular weight is 308 g/mol. The second-order valence-corrected chi connectivity index (χ2v) is 6.49. The molecular formula is C14H16N2O4S. The lowest BCUT2D eigenvalue weighted by Crippen LogP contribution is -2.09. The molecule has 21 heavy (non-hydrogen) atoms. The third kappa shape index (κ3) is 4.42. The molecular weight excluding hydrogens is 292 g/mol. The second-order valence-electron chi connectivity index (χ2n) is 4.43. The molecule has 2 rings (SSSR count). The van der Waals surface area contributed by atoms with Gasteiger partial charge in [-0.05, 0) is 11.6 Å². The van der Waals surface area contributed by atoms with Crippen LogP contribution in [0.4, 0.5) is 0 Å². The Hall–Kier alpha value is -2.15. The molecule has 0 aromatic carbocycles. The fraction of sp³-hybridized carbons (Fsp3) is 0.286. The minimum Gasteiger partial charge on any atom is -0.497 e. The predicted molar refractivity (Wildman–Crippen MR) is 77.9 cm³/mol. The molecule has 2 heterocycles. The van der Waals surface area contributed by atoms with E-state index in [9.17, 15) is 8.42 Å². The van der Waals surface area contributed by atoms with E-state index in [4.69, 9.17) is 9.47 Å². The third-order valence-corrected chi connectivity index (χ3v) is 4.29. The number of methoxy groups -OCH3 is 2. The quantitative estimate of drug-likeness (QED) is 0.806. The van der Waals surface area contributed by atoms with Crippen LogP contribution >= 0.6 is 0 Å². The van der Waals surface area contributed by atoms with Gasteiger partial charge in [-0.3, -0.25) is 4.98 Å². The fourth-order valence-electron chi connectivity index (χ4n) is 1.81. The summed E-state index contributed by atoms with van der Waals surface area (Å²) in [5, 5.41) is 0. The van der Waals surface area contributed by atoms with E-state index in [1.165, 1.54) is 26.6 Å². The molecule has 112 valence electrons. The molecule has 0 aliphatic carbocycles. The highest BCUT2D eigenvalue weighted by atomic mass is 32.2. The number of aromatic nitrogens is 2. The fourth-order valence-corrected chi connectivity index (χ4v) is 3.20. The van der Waals surface area contributed by atoms with Gasteiger partial charge >= 0.3 is 0 Å². The Balaban J connectivity index is 2.10. The molecule has 0 aliphatic heterocycles. The minimum atomic E-state index is -3.33. The van der Waals surface area contributed by atoms with Gasteiger partial charge in [0.15, 0.2) is 9.84 Å². The zero-order valence-electron chi connectivity index (χ0n) is 11.8. The summed E-state index contributed by atoms with van der Waals surface area (Å²) in [6.07, 6.45) is 3.02. The first-order chi connectivity index (χ1) is 10.0. The molecule has 0 saturated heterocycles. The molecule has 0 aliphatic rings. The molecule has 0 fully saturated rings. The number of sulfone groups is 1. The first kappa shape index (κ1) is 15.2. The van der Waals surface area contributed by atoms with E-state index in [0.717, 1.165) is 0 Å². The maximum atomic E-state index is 12.2.